The molecular formula is C30H35N3O3. The highest BCUT2D eigenvalue weighted by Gasteiger charge is 2.30. The van der Waals surface area contributed by atoms with Crippen LogP contribution in [0.1, 0.15) is 61.5 Å². The average Bonchev–Trinajstić information content (AvgIpc) is 3.15. The van der Waals surface area contributed by atoms with Gasteiger partial charge in [-0.2, -0.15) is 0 Å². The molecule has 1 aliphatic heterocycles. The Labute approximate surface area is 213 Å². The summed E-state index contributed by atoms with van der Waals surface area (Å²) < 4.78 is 0. The van der Waals surface area contributed by atoms with Gasteiger partial charge in [-0.1, -0.05) is 55.5 Å². The number of nitrogens with zero attached hydrogens (tertiary/aromatic N) is 2. The molecule has 1 heterocycles. The Hall–Kier alpha value is -3.67. The van der Waals surface area contributed by atoms with Crippen LogP contribution >= 0.6 is 0 Å². The molecule has 0 aromatic heterocycles. The average molecular weight is 486 g/mol. The molecule has 0 spiro atoms. The van der Waals surface area contributed by atoms with E-state index in [2.05, 4.69) is 5.32 Å². The molecule has 1 N–H and O–H groups in total. The van der Waals surface area contributed by atoms with Gasteiger partial charge < -0.3 is 15.1 Å². The lowest BCUT2D eigenvalue weighted by Crippen LogP contribution is -2.49. The van der Waals surface area contributed by atoms with Crippen LogP contribution in [-0.4, -0.2) is 41.2 Å². The number of carbonyl (C=O) groups excluding carboxylic acids is 3. The van der Waals surface area contributed by atoms with Crippen LogP contribution in [0.25, 0.3) is 10.8 Å². The molecule has 0 fully saturated rings. The predicted octanol–water partition coefficient (Wildman–Crippen LogP) is 5.22. The third-order valence-electron chi connectivity index (χ3n) is 7.19. The molecule has 1 aliphatic rings. The molecule has 6 heteroatoms. The maximum absolute atomic E-state index is 13.5. The second-order valence-electron chi connectivity index (χ2n) is 9.68. The molecular weight excluding hydrogens is 450 g/mol. The minimum Gasteiger partial charge on any atom is -0.352 e. The summed E-state index contributed by atoms with van der Waals surface area (Å²) in [5.74, 6) is -0.261. The standard InChI is InChI=1S/C30H35N3O3/c1-5-21(3)31-29(35)22(4)33(19-24-12-7-6-11-20(24)2)27(34)17-10-18-32-26-16-9-14-23-13-8-15-25(28(23)26)30(32)36/h6-9,11-16,21-22H,5,10,17-19H2,1-4H3,(H,31,35)/t21-,22+/m0/s1. The number of carbonyl (C=O) groups is 3. The Morgan fingerprint density at radius 2 is 1.72 bits per heavy atom. The third kappa shape index (κ3) is 5.13. The first-order valence-corrected chi connectivity index (χ1v) is 12.8. The number of hydrogen-bond donors (Lipinski definition) is 1. The van der Waals surface area contributed by atoms with Crippen molar-refractivity contribution in [2.24, 2.45) is 0 Å². The van der Waals surface area contributed by atoms with Gasteiger partial charge in [-0.05, 0) is 62.3 Å². The van der Waals surface area contributed by atoms with E-state index in [4.69, 9.17) is 0 Å². The molecule has 0 radical (unpaired) electrons. The fourth-order valence-corrected chi connectivity index (χ4v) is 4.75. The van der Waals surface area contributed by atoms with Gasteiger partial charge in [-0.25, -0.2) is 0 Å². The molecule has 3 amide bonds. The van der Waals surface area contributed by atoms with Crippen LogP contribution in [0.3, 0.4) is 0 Å². The van der Waals surface area contributed by atoms with Gasteiger partial charge in [0.25, 0.3) is 5.91 Å². The van der Waals surface area contributed by atoms with Gasteiger partial charge in [0.1, 0.15) is 6.04 Å². The van der Waals surface area contributed by atoms with Crippen molar-refractivity contribution in [2.45, 2.75) is 65.6 Å². The van der Waals surface area contributed by atoms with Gasteiger partial charge in [0, 0.05) is 36.5 Å². The number of benzene rings is 3. The minimum atomic E-state index is -0.600. The van der Waals surface area contributed by atoms with Crippen LogP contribution in [0.2, 0.25) is 0 Å². The van der Waals surface area contributed by atoms with Crippen molar-refractivity contribution in [3.05, 3.63) is 77.4 Å². The summed E-state index contributed by atoms with van der Waals surface area (Å²) in [5.41, 5.74) is 3.72. The van der Waals surface area contributed by atoms with Crippen molar-refractivity contribution in [1.82, 2.24) is 10.2 Å². The predicted molar refractivity (Wildman–Crippen MR) is 144 cm³/mol. The maximum Gasteiger partial charge on any atom is 0.258 e. The largest absolute Gasteiger partial charge is 0.352 e. The molecule has 0 saturated heterocycles. The molecule has 3 aromatic carbocycles. The van der Waals surface area contributed by atoms with Crippen molar-refractivity contribution in [3.63, 3.8) is 0 Å². The summed E-state index contributed by atoms with van der Waals surface area (Å²) in [6, 6.07) is 19.1. The fraction of sp³-hybridized carbons (Fsp3) is 0.367. The van der Waals surface area contributed by atoms with Crippen LogP contribution in [0.15, 0.2) is 60.7 Å². The Balaban J connectivity index is 1.47. The van der Waals surface area contributed by atoms with E-state index < -0.39 is 6.04 Å². The van der Waals surface area contributed by atoms with Gasteiger partial charge in [-0.3, -0.25) is 14.4 Å². The molecule has 3 aromatic rings. The number of anilines is 1. The number of aryl methyl sites for hydroxylation is 1. The highest BCUT2D eigenvalue weighted by Crippen LogP contribution is 2.37. The minimum absolute atomic E-state index is 0.0210. The first kappa shape index (κ1) is 25.4. The van der Waals surface area contributed by atoms with Gasteiger partial charge >= 0.3 is 0 Å². The Kier molecular flexibility index (Phi) is 7.73. The summed E-state index contributed by atoms with van der Waals surface area (Å²) in [6.45, 7) is 8.60. The van der Waals surface area contributed by atoms with Crippen molar-refractivity contribution in [1.29, 1.82) is 0 Å². The maximum atomic E-state index is 13.5. The van der Waals surface area contributed by atoms with Crippen molar-refractivity contribution < 1.29 is 14.4 Å². The number of amides is 3. The zero-order chi connectivity index (χ0) is 25.8. The van der Waals surface area contributed by atoms with Crippen LogP contribution in [-0.2, 0) is 16.1 Å². The van der Waals surface area contributed by atoms with E-state index in [-0.39, 0.29) is 30.2 Å². The van der Waals surface area contributed by atoms with E-state index in [0.717, 1.165) is 34.0 Å². The van der Waals surface area contributed by atoms with Crippen LogP contribution < -0.4 is 10.2 Å². The Morgan fingerprint density at radius 1 is 1.00 bits per heavy atom. The summed E-state index contributed by atoms with van der Waals surface area (Å²) >= 11 is 0. The van der Waals surface area contributed by atoms with Crippen molar-refractivity contribution >= 4 is 34.2 Å². The molecule has 0 saturated carbocycles. The first-order valence-electron chi connectivity index (χ1n) is 12.8. The van der Waals surface area contributed by atoms with Crippen LogP contribution in [0.5, 0.6) is 0 Å². The van der Waals surface area contributed by atoms with Crippen molar-refractivity contribution in [3.8, 4) is 0 Å². The molecule has 2 atom stereocenters. The van der Waals surface area contributed by atoms with Crippen molar-refractivity contribution in [2.75, 3.05) is 11.4 Å². The summed E-state index contributed by atoms with van der Waals surface area (Å²) in [5, 5.41) is 5.03. The molecule has 36 heavy (non-hydrogen) atoms. The zero-order valence-corrected chi connectivity index (χ0v) is 21.6. The quantitative estimate of drug-likeness (QED) is 0.428. The first-order chi connectivity index (χ1) is 17.3. The van der Waals surface area contributed by atoms with Crippen LogP contribution in [0.4, 0.5) is 5.69 Å². The number of hydrogen-bond acceptors (Lipinski definition) is 3. The zero-order valence-electron chi connectivity index (χ0n) is 21.6. The summed E-state index contributed by atoms with van der Waals surface area (Å²) in [4.78, 5) is 42.9. The molecule has 4 rings (SSSR count). The third-order valence-corrected chi connectivity index (χ3v) is 7.19. The molecule has 188 valence electrons. The van der Waals surface area contributed by atoms with Crippen LogP contribution in [0, 0.1) is 6.92 Å². The smallest absolute Gasteiger partial charge is 0.258 e. The summed E-state index contributed by atoms with van der Waals surface area (Å²) in [7, 11) is 0. The van der Waals surface area contributed by atoms with Gasteiger partial charge in [0.05, 0.1) is 5.69 Å². The Bertz CT molecular complexity index is 1280. The molecule has 6 nitrogen and oxygen atoms in total. The second kappa shape index (κ2) is 10.9. The lowest BCUT2D eigenvalue weighted by atomic mass is 10.1. The normalized spacial score (nSPS) is 14.1. The van der Waals surface area contributed by atoms with Gasteiger partial charge in [0.15, 0.2) is 0 Å². The topological polar surface area (TPSA) is 69.7 Å². The van der Waals surface area contributed by atoms with E-state index in [1.807, 2.05) is 81.4 Å². The van der Waals surface area contributed by atoms with E-state index in [0.29, 0.717) is 25.1 Å². The molecule has 0 unspecified atom stereocenters. The highest BCUT2D eigenvalue weighted by molar-refractivity contribution is 6.25. The SMILES string of the molecule is CC[C@H](C)NC(=O)[C@@H](C)N(Cc1ccccc1C)C(=O)CCCN1C(=O)c2cccc3cccc1c23. The highest BCUT2D eigenvalue weighted by atomic mass is 16.2. The second-order valence-corrected chi connectivity index (χ2v) is 9.68. The fourth-order valence-electron chi connectivity index (χ4n) is 4.75. The molecule has 0 bridgehead atoms. The van der Waals surface area contributed by atoms with E-state index in [9.17, 15) is 14.4 Å². The van der Waals surface area contributed by atoms with E-state index in [1.54, 1.807) is 16.7 Å². The van der Waals surface area contributed by atoms with E-state index >= 15 is 0 Å². The van der Waals surface area contributed by atoms with Gasteiger partial charge in [-0.15, -0.1) is 0 Å². The van der Waals surface area contributed by atoms with Gasteiger partial charge in [0.2, 0.25) is 11.8 Å². The number of nitrogens with one attached hydrogen (secondary N) is 1. The lowest BCUT2D eigenvalue weighted by Gasteiger charge is -2.30. The Morgan fingerprint density at radius 3 is 2.44 bits per heavy atom. The monoisotopic (exact) mass is 485 g/mol. The number of rotatable bonds is 10. The molecule has 0 aliphatic carbocycles. The summed E-state index contributed by atoms with van der Waals surface area (Å²) in [6.07, 6.45) is 1.59. The lowest BCUT2D eigenvalue weighted by molar-refractivity contribution is -0.140. The van der Waals surface area contributed by atoms with E-state index in [1.165, 1.54) is 0 Å².